The van der Waals surface area contributed by atoms with E-state index in [0.29, 0.717) is 6.07 Å². The third-order valence-electron chi connectivity index (χ3n) is 1.99. The van der Waals surface area contributed by atoms with E-state index in [4.69, 9.17) is 11.6 Å². The molecule has 0 aliphatic heterocycles. The number of methoxy groups -OCH3 is 1. The Morgan fingerprint density at radius 3 is 2.39 bits per heavy atom. The Bertz CT molecular complexity index is 515. The zero-order chi connectivity index (χ0) is 14.1. The summed E-state index contributed by atoms with van der Waals surface area (Å²) in [5.41, 5.74) is -3.28. The zero-order valence-electron chi connectivity index (χ0n) is 8.75. The molecule has 0 aromatic heterocycles. The van der Waals surface area contributed by atoms with Gasteiger partial charge in [0.1, 0.15) is 5.02 Å². The van der Waals surface area contributed by atoms with Gasteiger partial charge in [0.25, 0.3) is 5.69 Å². The number of nitro groups is 1. The first-order valence-corrected chi connectivity index (χ1v) is 4.69. The van der Waals surface area contributed by atoms with Gasteiger partial charge in [0.15, 0.2) is 0 Å². The summed E-state index contributed by atoms with van der Waals surface area (Å²) in [4.78, 5) is 20.6. The molecule has 5 nitrogen and oxygen atoms in total. The summed E-state index contributed by atoms with van der Waals surface area (Å²) >= 11 is 5.43. The van der Waals surface area contributed by atoms with E-state index in [0.717, 1.165) is 7.11 Å². The molecule has 0 spiro atoms. The molecule has 1 aromatic carbocycles. The van der Waals surface area contributed by atoms with Crippen molar-refractivity contribution in [3.8, 4) is 0 Å². The van der Waals surface area contributed by atoms with Gasteiger partial charge in [0.2, 0.25) is 0 Å². The Labute approximate surface area is 103 Å². The molecular weight excluding hydrogens is 279 g/mol. The molecule has 0 unspecified atom stereocenters. The highest BCUT2D eigenvalue weighted by atomic mass is 35.5. The minimum atomic E-state index is -4.93. The maximum absolute atomic E-state index is 12.6. The lowest BCUT2D eigenvalue weighted by Crippen LogP contribution is -2.15. The van der Waals surface area contributed by atoms with Crippen LogP contribution in [0.4, 0.5) is 18.9 Å². The van der Waals surface area contributed by atoms with E-state index in [-0.39, 0.29) is 6.07 Å². The van der Waals surface area contributed by atoms with Crippen LogP contribution in [0.15, 0.2) is 12.1 Å². The topological polar surface area (TPSA) is 69.4 Å². The van der Waals surface area contributed by atoms with Gasteiger partial charge in [-0.3, -0.25) is 10.1 Å². The third kappa shape index (κ3) is 2.70. The first-order chi connectivity index (χ1) is 8.18. The number of ether oxygens (including phenoxy) is 1. The first-order valence-electron chi connectivity index (χ1n) is 4.32. The van der Waals surface area contributed by atoms with E-state index >= 15 is 0 Å². The molecule has 0 saturated heterocycles. The molecule has 1 aromatic rings. The SMILES string of the molecule is COC(=O)c1cc(Cl)c([N+](=O)[O-])cc1C(F)(F)F. The highest BCUT2D eigenvalue weighted by molar-refractivity contribution is 6.33. The van der Waals surface area contributed by atoms with Crippen LogP contribution in [0.2, 0.25) is 5.02 Å². The number of esters is 1. The van der Waals surface area contributed by atoms with Crippen LogP contribution in [-0.2, 0) is 10.9 Å². The molecule has 0 heterocycles. The number of nitrogens with zero attached hydrogens (tertiary/aromatic N) is 1. The van der Waals surface area contributed by atoms with Crippen molar-refractivity contribution in [2.24, 2.45) is 0 Å². The largest absolute Gasteiger partial charge is 0.465 e. The van der Waals surface area contributed by atoms with Crippen molar-refractivity contribution in [3.05, 3.63) is 38.4 Å². The lowest BCUT2D eigenvalue weighted by atomic mass is 10.1. The molecule has 0 N–H and O–H groups in total. The molecule has 0 aliphatic rings. The molecule has 18 heavy (non-hydrogen) atoms. The summed E-state index contributed by atoms with van der Waals surface area (Å²) in [6.07, 6.45) is -4.93. The summed E-state index contributed by atoms with van der Waals surface area (Å²) in [5.74, 6) is -1.28. The number of carbonyl (C=O) groups excluding carboxylic acids is 1. The Morgan fingerprint density at radius 2 is 2.00 bits per heavy atom. The summed E-state index contributed by atoms with van der Waals surface area (Å²) in [6, 6.07) is 0.767. The van der Waals surface area contributed by atoms with Gasteiger partial charge in [-0.15, -0.1) is 0 Å². The Hall–Kier alpha value is -1.83. The van der Waals surface area contributed by atoms with Crippen LogP contribution in [0.25, 0.3) is 0 Å². The van der Waals surface area contributed by atoms with Crippen LogP contribution in [0.1, 0.15) is 15.9 Å². The summed E-state index contributed by atoms with van der Waals surface area (Å²) in [7, 11) is 0.887. The Kier molecular flexibility index (Phi) is 3.80. The van der Waals surface area contributed by atoms with Crippen molar-refractivity contribution in [3.63, 3.8) is 0 Å². The predicted octanol–water partition coefficient (Wildman–Crippen LogP) is 3.05. The van der Waals surface area contributed by atoms with Gasteiger partial charge in [-0.25, -0.2) is 4.79 Å². The normalized spacial score (nSPS) is 11.2. The molecule has 0 atom stereocenters. The first kappa shape index (κ1) is 14.2. The highest BCUT2D eigenvalue weighted by Gasteiger charge is 2.38. The predicted molar refractivity (Wildman–Crippen MR) is 54.4 cm³/mol. The fourth-order valence-electron chi connectivity index (χ4n) is 1.22. The molecule has 1 rings (SSSR count). The van der Waals surface area contributed by atoms with Gasteiger partial charge in [0, 0.05) is 6.07 Å². The van der Waals surface area contributed by atoms with Crippen molar-refractivity contribution in [1.82, 2.24) is 0 Å². The summed E-state index contributed by atoms with van der Waals surface area (Å²) in [5, 5.41) is 9.91. The maximum atomic E-state index is 12.6. The molecule has 0 fully saturated rings. The average molecular weight is 284 g/mol. The van der Waals surface area contributed by atoms with Crippen LogP contribution in [0.5, 0.6) is 0 Å². The van der Waals surface area contributed by atoms with E-state index in [1.54, 1.807) is 0 Å². The van der Waals surface area contributed by atoms with Gasteiger partial charge < -0.3 is 4.74 Å². The fraction of sp³-hybridized carbons (Fsp3) is 0.222. The number of benzene rings is 1. The van der Waals surface area contributed by atoms with Crippen LogP contribution >= 0.6 is 11.6 Å². The monoisotopic (exact) mass is 283 g/mol. The zero-order valence-corrected chi connectivity index (χ0v) is 9.50. The van der Waals surface area contributed by atoms with Gasteiger partial charge in [0.05, 0.1) is 23.2 Å². The number of hydrogen-bond donors (Lipinski definition) is 0. The highest BCUT2D eigenvalue weighted by Crippen LogP contribution is 2.37. The average Bonchev–Trinajstić information content (AvgIpc) is 2.25. The molecule has 9 heteroatoms. The lowest BCUT2D eigenvalue weighted by Gasteiger charge is -2.11. The second kappa shape index (κ2) is 4.81. The van der Waals surface area contributed by atoms with Crippen LogP contribution in [0.3, 0.4) is 0 Å². The lowest BCUT2D eigenvalue weighted by molar-refractivity contribution is -0.385. The van der Waals surface area contributed by atoms with Gasteiger partial charge >= 0.3 is 12.1 Å². The maximum Gasteiger partial charge on any atom is 0.417 e. The minimum Gasteiger partial charge on any atom is -0.465 e. The van der Waals surface area contributed by atoms with Crippen LogP contribution < -0.4 is 0 Å². The fourth-order valence-corrected chi connectivity index (χ4v) is 1.45. The Morgan fingerprint density at radius 1 is 1.44 bits per heavy atom. The molecule has 0 amide bonds. The third-order valence-corrected chi connectivity index (χ3v) is 2.30. The van der Waals surface area contributed by atoms with Crippen LogP contribution in [-0.4, -0.2) is 18.0 Å². The van der Waals surface area contributed by atoms with E-state index in [9.17, 15) is 28.1 Å². The molecule has 0 saturated carbocycles. The van der Waals surface area contributed by atoms with Crippen LogP contribution in [0, 0.1) is 10.1 Å². The van der Waals surface area contributed by atoms with Crippen molar-refractivity contribution < 1.29 is 27.6 Å². The number of carbonyl (C=O) groups is 1. The number of hydrogen-bond acceptors (Lipinski definition) is 4. The molecular formula is C9H5ClF3NO4. The molecule has 98 valence electrons. The summed E-state index contributed by atoms with van der Waals surface area (Å²) in [6.45, 7) is 0. The second-order valence-corrected chi connectivity index (χ2v) is 3.50. The number of alkyl halides is 3. The minimum absolute atomic E-state index is 0.203. The van der Waals surface area contributed by atoms with E-state index in [1.807, 2.05) is 0 Å². The van der Waals surface area contributed by atoms with E-state index < -0.39 is 38.9 Å². The smallest absolute Gasteiger partial charge is 0.417 e. The van der Waals surface area contributed by atoms with Gasteiger partial charge in [-0.05, 0) is 6.07 Å². The quantitative estimate of drug-likeness (QED) is 0.475. The van der Waals surface area contributed by atoms with Gasteiger partial charge in [-0.1, -0.05) is 11.6 Å². The van der Waals surface area contributed by atoms with E-state index in [2.05, 4.69) is 4.74 Å². The standard InChI is InChI=1S/C9H5ClF3NO4/c1-18-8(15)4-2-6(10)7(14(16)17)3-5(4)9(11,12)13/h2-3H,1H3. The Balaban J connectivity index is 3.57. The van der Waals surface area contributed by atoms with Crippen molar-refractivity contribution >= 4 is 23.3 Å². The molecule has 0 bridgehead atoms. The number of halogens is 4. The number of rotatable bonds is 2. The van der Waals surface area contributed by atoms with E-state index in [1.165, 1.54) is 0 Å². The molecule has 0 aliphatic carbocycles. The van der Waals surface area contributed by atoms with Crippen molar-refractivity contribution in [1.29, 1.82) is 0 Å². The van der Waals surface area contributed by atoms with Gasteiger partial charge in [-0.2, -0.15) is 13.2 Å². The number of nitro benzene ring substituents is 1. The second-order valence-electron chi connectivity index (χ2n) is 3.10. The van der Waals surface area contributed by atoms with Crippen molar-refractivity contribution in [2.45, 2.75) is 6.18 Å². The summed E-state index contributed by atoms with van der Waals surface area (Å²) < 4.78 is 42.1. The van der Waals surface area contributed by atoms with Crippen molar-refractivity contribution in [2.75, 3.05) is 7.11 Å². The molecule has 0 radical (unpaired) electrons.